The van der Waals surface area contributed by atoms with Gasteiger partial charge in [0, 0.05) is 5.57 Å². The molecule has 0 aromatic rings. The number of carbonyl (C=O) groups excluding carboxylic acids is 1. The SMILES string of the molecule is C/C=C(O)\C=C(/C)C(=O)NN. The van der Waals surface area contributed by atoms with Crippen LogP contribution >= 0.6 is 0 Å². The Bertz CT molecular complexity index is 206. The molecule has 4 heteroatoms. The maximum atomic E-state index is 10.7. The van der Waals surface area contributed by atoms with E-state index in [4.69, 9.17) is 10.9 Å². The van der Waals surface area contributed by atoms with Gasteiger partial charge in [-0.2, -0.15) is 0 Å². The molecule has 0 atom stereocenters. The van der Waals surface area contributed by atoms with Gasteiger partial charge in [-0.3, -0.25) is 10.2 Å². The molecule has 0 radical (unpaired) electrons. The molecule has 0 aliphatic heterocycles. The number of allylic oxidation sites excluding steroid dienone is 2. The molecule has 0 aliphatic carbocycles. The van der Waals surface area contributed by atoms with Gasteiger partial charge in [0.15, 0.2) is 0 Å². The molecule has 4 N–H and O–H groups in total. The van der Waals surface area contributed by atoms with Crippen LogP contribution in [0.25, 0.3) is 0 Å². The Hall–Kier alpha value is -1.29. The predicted octanol–water partition coefficient (Wildman–Crippen LogP) is 0.384. The van der Waals surface area contributed by atoms with Gasteiger partial charge >= 0.3 is 0 Å². The first kappa shape index (κ1) is 9.71. The molecule has 0 aromatic heterocycles. The van der Waals surface area contributed by atoms with Crippen LogP contribution in [0.3, 0.4) is 0 Å². The molecule has 0 saturated heterocycles. The van der Waals surface area contributed by atoms with E-state index in [0.717, 1.165) is 0 Å². The van der Waals surface area contributed by atoms with Crippen LogP contribution in [0.1, 0.15) is 13.8 Å². The van der Waals surface area contributed by atoms with E-state index in [1.807, 2.05) is 5.43 Å². The molecule has 0 aliphatic rings. The van der Waals surface area contributed by atoms with Crippen molar-refractivity contribution in [1.82, 2.24) is 5.43 Å². The Morgan fingerprint density at radius 2 is 2.18 bits per heavy atom. The Kier molecular flexibility index (Phi) is 3.98. The van der Waals surface area contributed by atoms with Crippen molar-refractivity contribution in [2.75, 3.05) is 0 Å². The number of amides is 1. The molecule has 0 spiro atoms. The maximum absolute atomic E-state index is 10.7. The molecular formula is C7H12N2O2. The van der Waals surface area contributed by atoms with Crippen molar-refractivity contribution < 1.29 is 9.90 Å². The average Bonchev–Trinajstić information content (AvgIpc) is 2.02. The molecule has 0 heterocycles. The number of hydrogen-bond acceptors (Lipinski definition) is 3. The van der Waals surface area contributed by atoms with Crippen molar-refractivity contribution >= 4 is 5.91 Å². The van der Waals surface area contributed by atoms with Gasteiger partial charge < -0.3 is 5.11 Å². The molecule has 1 amide bonds. The molecule has 0 bridgehead atoms. The van der Waals surface area contributed by atoms with Crippen LogP contribution in [0.4, 0.5) is 0 Å². The molecule has 0 unspecified atom stereocenters. The number of hydrogen-bond donors (Lipinski definition) is 3. The minimum absolute atomic E-state index is 0.0473. The number of hydrazine groups is 1. The van der Waals surface area contributed by atoms with Gasteiger partial charge in [-0.15, -0.1) is 0 Å². The summed E-state index contributed by atoms with van der Waals surface area (Å²) >= 11 is 0. The minimum atomic E-state index is -0.404. The highest BCUT2D eigenvalue weighted by molar-refractivity contribution is 5.92. The molecule has 0 saturated carbocycles. The lowest BCUT2D eigenvalue weighted by Crippen LogP contribution is -2.30. The Labute approximate surface area is 65.4 Å². The molecule has 0 rings (SSSR count). The van der Waals surface area contributed by atoms with Crippen molar-refractivity contribution in [3.05, 3.63) is 23.5 Å². The number of nitrogens with one attached hydrogen (secondary N) is 1. The molecule has 0 fully saturated rings. The van der Waals surface area contributed by atoms with Gasteiger partial charge in [0.2, 0.25) is 0 Å². The summed E-state index contributed by atoms with van der Waals surface area (Å²) in [7, 11) is 0. The number of rotatable bonds is 2. The summed E-state index contributed by atoms with van der Waals surface area (Å²) < 4.78 is 0. The minimum Gasteiger partial charge on any atom is -0.508 e. The van der Waals surface area contributed by atoms with Crippen LogP contribution in [0.2, 0.25) is 0 Å². The summed E-state index contributed by atoms with van der Waals surface area (Å²) in [6, 6.07) is 0. The summed E-state index contributed by atoms with van der Waals surface area (Å²) in [6.07, 6.45) is 2.81. The van der Waals surface area contributed by atoms with Crippen molar-refractivity contribution in [3.63, 3.8) is 0 Å². The van der Waals surface area contributed by atoms with E-state index in [1.54, 1.807) is 13.8 Å². The third-order valence-electron chi connectivity index (χ3n) is 1.15. The van der Waals surface area contributed by atoms with E-state index in [1.165, 1.54) is 12.2 Å². The van der Waals surface area contributed by atoms with E-state index in [2.05, 4.69) is 0 Å². The van der Waals surface area contributed by atoms with Crippen LogP contribution in [0.15, 0.2) is 23.5 Å². The van der Waals surface area contributed by atoms with E-state index in [0.29, 0.717) is 5.57 Å². The lowest BCUT2D eigenvalue weighted by Gasteiger charge is -1.97. The second kappa shape index (κ2) is 4.51. The average molecular weight is 156 g/mol. The van der Waals surface area contributed by atoms with E-state index in [9.17, 15) is 4.79 Å². The zero-order chi connectivity index (χ0) is 8.85. The van der Waals surface area contributed by atoms with Crippen LogP contribution in [0.5, 0.6) is 0 Å². The lowest BCUT2D eigenvalue weighted by atomic mass is 10.2. The topological polar surface area (TPSA) is 75.3 Å². The fourth-order valence-corrected chi connectivity index (χ4v) is 0.485. The number of aliphatic hydroxyl groups is 1. The third-order valence-corrected chi connectivity index (χ3v) is 1.15. The summed E-state index contributed by atoms with van der Waals surface area (Å²) in [5.41, 5.74) is 2.31. The summed E-state index contributed by atoms with van der Waals surface area (Å²) in [6.45, 7) is 3.22. The van der Waals surface area contributed by atoms with E-state index >= 15 is 0 Å². The molecule has 62 valence electrons. The summed E-state index contributed by atoms with van der Waals surface area (Å²) in [5.74, 6) is 4.49. The van der Waals surface area contributed by atoms with Crippen LogP contribution in [-0.2, 0) is 4.79 Å². The second-order valence-electron chi connectivity index (χ2n) is 2.01. The quantitative estimate of drug-likeness (QED) is 0.135. The monoisotopic (exact) mass is 156 g/mol. The highest BCUT2D eigenvalue weighted by atomic mass is 16.3. The first-order valence-corrected chi connectivity index (χ1v) is 3.16. The van der Waals surface area contributed by atoms with Gasteiger partial charge in [-0.1, -0.05) is 0 Å². The standard InChI is InChI=1S/C7H12N2O2/c1-3-6(10)4-5(2)7(11)9-8/h3-4,10H,8H2,1-2H3,(H,9,11)/b5-4+,6-3+. The zero-order valence-electron chi connectivity index (χ0n) is 6.59. The van der Waals surface area contributed by atoms with Gasteiger partial charge in [-0.05, 0) is 26.0 Å². The second-order valence-corrected chi connectivity index (χ2v) is 2.01. The van der Waals surface area contributed by atoms with Crippen LogP contribution in [-0.4, -0.2) is 11.0 Å². The maximum Gasteiger partial charge on any atom is 0.260 e. The number of carbonyl (C=O) groups is 1. The fourth-order valence-electron chi connectivity index (χ4n) is 0.485. The fraction of sp³-hybridized carbons (Fsp3) is 0.286. The first-order valence-electron chi connectivity index (χ1n) is 3.16. The number of nitrogens with two attached hydrogens (primary N) is 1. The van der Waals surface area contributed by atoms with E-state index < -0.39 is 5.91 Å². The lowest BCUT2D eigenvalue weighted by molar-refractivity contribution is -0.117. The van der Waals surface area contributed by atoms with Gasteiger partial charge in [0.25, 0.3) is 5.91 Å². The van der Waals surface area contributed by atoms with Gasteiger partial charge in [-0.25, -0.2) is 5.84 Å². The smallest absolute Gasteiger partial charge is 0.260 e. The van der Waals surface area contributed by atoms with Crippen molar-refractivity contribution in [1.29, 1.82) is 0 Å². The van der Waals surface area contributed by atoms with Crippen molar-refractivity contribution in [2.24, 2.45) is 5.84 Å². The van der Waals surface area contributed by atoms with Crippen LogP contribution in [0, 0.1) is 0 Å². The van der Waals surface area contributed by atoms with Crippen LogP contribution < -0.4 is 11.3 Å². The highest BCUT2D eigenvalue weighted by Gasteiger charge is 2.00. The zero-order valence-corrected chi connectivity index (χ0v) is 6.59. The molecule has 11 heavy (non-hydrogen) atoms. The van der Waals surface area contributed by atoms with Gasteiger partial charge in [0.05, 0.1) is 0 Å². The van der Waals surface area contributed by atoms with Gasteiger partial charge in [0.1, 0.15) is 5.76 Å². The highest BCUT2D eigenvalue weighted by Crippen LogP contribution is 1.97. The number of aliphatic hydroxyl groups excluding tert-OH is 1. The Morgan fingerprint density at radius 1 is 1.64 bits per heavy atom. The summed E-state index contributed by atoms with van der Waals surface area (Å²) in [4.78, 5) is 10.7. The predicted molar refractivity (Wildman–Crippen MR) is 42.5 cm³/mol. The Balaban J connectivity index is 4.34. The molecule has 4 nitrogen and oxygen atoms in total. The molecule has 0 aromatic carbocycles. The Morgan fingerprint density at radius 3 is 2.55 bits per heavy atom. The largest absolute Gasteiger partial charge is 0.508 e. The van der Waals surface area contributed by atoms with E-state index in [-0.39, 0.29) is 5.76 Å². The molecular weight excluding hydrogens is 144 g/mol. The van der Waals surface area contributed by atoms with Crippen molar-refractivity contribution in [3.8, 4) is 0 Å². The van der Waals surface area contributed by atoms with Crippen molar-refractivity contribution in [2.45, 2.75) is 13.8 Å². The first-order chi connectivity index (χ1) is 5.11. The summed E-state index contributed by atoms with van der Waals surface area (Å²) in [5, 5.41) is 8.94. The normalized spacial score (nSPS) is 13.0. The third kappa shape index (κ3) is 3.42.